The fraction of sp³-hybridized carbons (Fsp3) is 0.273. The van der Waals surface area contributed by atoms with Gasteiger partial charge in [0.25, 0.3) is 0 Å². The van der Waals surface area contributed by atoms with Crippen LogP contribution in [0.1, 0.15) is 17.3 Å². The van der Waals surface area contributed by atoms with Gasteiger partial charge in [0.1, 0.15) is 0 Å². The summed E-state index contributed by atoms with van der Waals surface area (Å²) in [6.07, 6.45) is 2.79. The maximum atomic E-state index is 11.5. The molecule has 0 atom stereocenters. The standard InChI is InChI=1S/C11H11N2O2/c1-3-15-11(14)8-4-5-9-10(6-8)13(2)7-12-9/h4-6H,3H2,1-2H3. The lowest BCUT2D eigenvalue weighted by Crippen LogP contribution is -2.04. The third-order valence-corrected chi connectivity index (χ3v) is 2.17. The summed E-state index contributed by atoms with van der Waals surface area (Å²) in [5.41, 5.74) is 2.24. The fourth-order valence-electron chi connectivity index (χ4n) is 1.41. The quantitative estimate of drug-likeness (QED) is 0.695. The minimum absolute atomic E-state index is 0.305. The highest BCUT2D eigenvalue weighted by Crippen LogP contribution is 2.14. The molecule has 0 unspecified atom stereocenters. The number of benzene rings is 1. The number of nitrogens with zero attached hydrogens (tertiary/aromatic N) is 2. The van der Waals surface area contributed by atoms with Crippen LogP contribution in [0.25, 0.3) is 11.0 Å². The van der Waals surface area contributed by atoms with Crippen molar-refractivity contribution in [2.75, 3.05) is 6.61 Å². The van der Waals surface area contributed by atoms with Gasteiger partial charge in [-0.2, -0.15) is 0 Å². The lowest BCUT2D eigenvalue weighted by atomic mass is 10.2. The van der Waals surface area contributed by atoms with E-state index in [0.717, 1.165) is 11.0 Å². The summed E-state index contributed by atoms with van der Waals surface area (Å²) < 4.78 is 6.66. The summed E-state index contributed by atoms with van der Waals surface area (Å²) >= 11 is 0. The molecule has 15 heavy (non-hydrogen) atoms. The van der Waals surface area contributed by atoms with Gasteiger partial charge in [-0.1, -0.05) is 0 Å². The Bertz CT molecular complexity index is 502. The number of esters is 1. The zero-order chi connectivity index (χ0) is 10.8. The summed E-state index contributed by atoms with van der Waals surface area (Å²) in [5.74, 6) is -0.305. The summed E-state index contributed by atoms with van der Waals surface area (Å²) in [6.45, 7) is 2.17. The molecule has 0 saturated carbocycles. The first kappa shape index (κ1) is 9.71. The van der Waals surface area contributed by atoms with Gasteiger partial charge < -0.3 is 9.30 Å². The van der Waals surface area contributed by atoms with E-state index in [1.165, 1.54) is 0 Å². The Kier molecular flexibility index (Phi) is 2.41. The second kappa shape index (κ2) is 3.73. The fourth-order valence-corrected chi connectivity index (χ4v) is 1.41. The van der Waals surface area contributed by atoms with Crippen LogP contribution in [0.2, 0.25) is 0 Å². The zero-order valence-electron chi connectivity index (χ0n) is 8.65. The third kappa shape index (κ3) is 1.70. The van der Waals surface area contributed by atoms with E-state index in [1.807, 2.05) is 7.05 Å². The van der Waals surface area contributed by atoms with E-state index in [2.05, 4.69) is 11.3 Å². The van der Waals surface area contributed by atoms with E-state index >= 15 is 0 Å². The predicted octanol–water partition coefficient (Wildman–Crippen LogP) is 1.55. The first-order valence-electron chi connectivity index (χ1n) is 4.73. The largest absolute Gasteiger partial charge is 0.462 e. The molecule has 2 rings (SSSR count). The molecule has 0 fully saturated rings. The first-order valence-corrected chi connectivity index (χ1v) is 4.73. The average molecular weight is 203 g/mol. The summed E-state index contributed by atoms with van der Waals surface area (Å²) in [5, 5.41) is 0. The second-order valence-corrected chi connectivity index (χ2v) is 3.19. The number of rotatable bonds is 2. The van der Waals surface area contributed by atoms with Gasteiger partial charge in [0.2, 0.25) is 0 Å². The number of fused-ring (bicyclic) bond motifs is 1. The Morgan fingerprint density at radius 1 is 1.60 bits per heavy atom. The molecule has 77 valence electrons. The molecule has 0 amide bonds. The van der Waals surface area contributed by atoms with Crippen molar-refractivity contribution in [3.8, 4) is 0 Å². The molecule has 4 heteroatoms. The van der Waals surface area contributed by atoms with Crippen LogP contribution in [0.15, 0.2) is 18.2 Å². The van der Waals surface area contributed by atoms with Crippen LogP contribution in [-0.4, -0.2) is 22.1 Å². The zero-order valence-corrected chi connectivity index (χ0v) is 8.65. The average Bonchev–Trinajstić information content (AvgIpc) is 2.60. The third-order valence-electron chi connectivity index (χ3n) is 2.17. The number of imidazole rings is 1. The minimum atomic E-state index is -0.305. The Labute approximate surface area is 87.5 Å². The molecule has 0 saturated heterocycles. The summed E-state index contributed by atoms with van der Waals surface area (Å²) in [7, 11) is 1.84. The van der Waals surface area contributed by atoms with Gasteiger partial charge in [0.05, 0.1) is 23.2 Å². The lowest BCUT2D eigenvalue weighted by molar-refractivity contribution is 0.0526. The number of aromatic nitrogens is 2. The number of carbonyl (C=O) groups is 1. The van der Waals surface area contributed by atoms with Gasteiger partial charge in [-0.25, -0.2) is 9.78 Å². The SMILES string of the molecule is CCOC(=O)c1ccc2n[c]n(C)c2c1. The van der Waals surface area contributed by atoms with Gasteiger partial charge in [-0.05, 0) is 25.1 Å². The van der Waals surface area contributed by atoms with Crippen LogP contribution >= 0.6 is 0 Å². The highest BCUT2D eigenvalue weighted by atomic mass is 16.5. The van der Waals surface area contributed by atoms with Crippen LogP contribution in [-0.2, 0) is 11.8 Å². The summed E-state index contributed by atoms with van der Waals surface area (Å²) in [4.78, 5) is 15.5. The van der Waals surface area contributed by atoms with E-state index in [9.17, 15) is 4.79 Å². The molecule has 0 spiro atoms. The molecule has 4 nitrogen and oxygen atoms in total. The predicted molar refractivity (Wildman–Crippen MR) is 55.5 cm³/mol. The van der Waals surface area contributed by atoms with Gasteiger partial charge in [-0.15, -0.1) is 0 Å². The van der Waals surface area contributed by atoms with Crippen LogP contribution in [0.5, 0.6) is 0 Å². The normalized spacial score (nSPS) is 10.5. The molecule has 1 heterocycles. The Morgan fingerprint density at radius 2 is 2.40 bits per heavy atom. The summed E-state index contributed by atoms with van der Waals surface area (Å²) in [6, 6.07) is 5.26. The lowest BCUT2D eigenvalue weighted by Gasteiger charge is -2.01. The molecule has 0 aliphatic carbocycles. The molecule has 0 aliphatic heterocycles. The van der Waals surface area contributed by atoms with Crippen molar-refractivity contribution in [3.63, 3.8) is 0 Å². The Balaban J connectivity index is 2.45. The van der Waals surface area contributed by atoms with Crippen LogP contribution in [0, 0.1) is 6.33 Å². The van der Waals surface area contributed by atoms with Crippen molar-refractivity contribution in [1.82, 2.24) is 9.55 Å². The van der Waals surface area contributed by atoms with Crippen molar-refractivity contribution in [1.29, 1.82) is 0 Å². The second-order valence-electron chi connectivity index (χ2n) is 3.19. The van der Waals surface area contributed by atoms with Crippen LogP contribution in [0.3, 0.4) is 0 Å². The molecule has 0 aliphatic rings. The Morgan fingerprint density at radius 3 is 3.13 bits per heavy atom. The molecular weight excluding hydrogens is 192 g/mol. The molecule has 0 N–H and O–H groups in total. The van der Waals surface area contributed by atoms with Crippen molar-refractivity contribution in [2.24, 2.45) is 7.05 Å². The van der Waals surface area contributed by atoms with E-state index in [4.69, 9.17) is 4.74 Å². The smallest absolute Gasteiger partial charge is 0.338 e. The topological polar surface area (TPSA) is 44.1 Å². The first-order chi connectivity index (χ1) is 7.22. The molecule has 1 radical (unpaired) electrons. The molecule has 0 bridgehead atoms. The molecule has 1 aromatic heterocycles. The van der Waals surface area contributed by atoms with Gasteiger partial charge in [0.15, 0.2) is 6.33 Å². The van der Waals surface area contributed by atoms with Crippen molar-refractivity contribution >= 4 is 17.0 Å². The van der Waals surface area contributed by atoms with Crippen molar-refractivity contribution in [2.45, 2.75) is 6.92 Å². The maximum absolute atomic E-state index is 11.5. The monoisotopic (exact) mass is 203 g/mol. The number of ether oxygens (including phenoxy) is 1. The van der Waals surface area contributed by atoms with Gasteiger partial charge in [-0.3, -0.25) is 0 Å². The number of hydrogen-bond acceptors (Lipinski definition) is 3. The number of hydrogen-bond donors (Lipinski definition) is 0. The Hall–Kier alpha value is -1.84. The van der Waals surface area contributed by atoms with Crippen molar-refractivity contribution in [3.05, 3.63) is 30.1 Å². The van der Waals surface area contributed by atoms with Crippen molar-refractivity contribution < 1.29 is 9.53 Å². The van der Waals surface area contributed by atoms with E-state index in [-0.39, 0.29) is 5.97 Å². The molecule has 2 aromatic rings. The minimum Gasteiger partial charge on any atom is -0.462 e. The highest BCUT2D eigenvalue weighted by molar-refractivity contribution is 5.93. The van der Waals surface area contributed by atoms with Gasteiger partial charge in [0, 0.05) is 7.05 Å². The molecular formula is C11H11N2O2. The number of carbonyl (C=O) groups excluding carboxylic acids is 1. The van der Waals surface area contributed by atoms with E-state index < -0.39 is 0 Å². The maximum Gasteiger partial charge on any atom is 0.338 e. The van der Waals surface area contributed by atoms with Gasteiger partial charge >= 0.3 is 5.97 Å². The van der Waals surface area contributed by atoms with E-state index in [1.54, 1.807) is 29.7 Å². The van der Waals surface area contributed by atoms with Crippen LogP contribution in [0.4, 0.5) is 0 Å². The highest BCUT2D eigenvalue weighted by Gasteiger charge is 2.08. The molecule has 1 aromatic carbocycles. The number of aryl methyl sites for hydroxylation is 1. The van der Waals surface area contributed by atoms with E-state index in [0.29, 0.717) is 12.2 Å². The van der Waals surface area contributed by atoms with Crippen LogP contribution < -0.4 is 0 Å².